The van der Waals surface area contributed by atoms with Gasteiger partial charge in [-0.3, -0.25) is 4.68 Å². The van der Waals surface area contributed by atoms with Gasteiger partial charge in [-0.05, 0) is 25.4 Å². The van der Waals surface area contributed by atoms with Crippen molar-refractivity contribution in [2.24, 2.45) is 12.2 Å². The van der Waals surface area contributed by atoms with E-state index < -0.39 is 0 Å². The van der Waals surface area contributed by atoms with Gasteiger partial charge >= 0.3 is 0 Å². The van der Waals surface area contributed by atoms with Crippen molar-refractivity contribution in [2.75, 3.05) is 0 Å². The van der Waals surface area contributed by atoms with Crippen molar-refractivity contribution < 1.29 is 4.84 Å². The van der Waals surface area contributed by atoms with Crippen LogP contribution < -0.4 is 0 Å². The Kier molecular flexibility index (Phi) is 3.93. The summed E-state index contributed by atoms with van der Waals surface area (Å²) in [7, 11) is 1.78. The molecule has 2 aromatic heterocycles. The van der Waals surface area contributed by atoms with E-state index in [4.69, 9.17) is 16.4 Å². The highest BCUT2D eigenvalue weighted by Crippen LogP contribution is 2.16. The highest BCUT2D eigenvalue weighted by molar-refractivity contribution is 7.05. The summed E-state index contributed by atoms with van der Waals surface area (Å²) < 4.78 is 5.41. The summed E-state index contributed by atoms with van der Waals surface area (Å²) in [5.74, 6) is 0. The minimum atomic E-state index is 0.358. The van der Waals surface area contributed by atoms with Gasteiger partial charge in [0, 0.05) is 7.05 Å². The lowest BCUT2D eigenvalue weighted by Crippen LogP contribution is -1.90. The molecule has 0 radical (unpaired) electrons. The molecular weight excluding hydrogens is 274 g/mol. The molecule has 8 heteroatoms. The van der Waals surface area contributed by atoms with Crippen LogP contribution >= 0.6 is 23.1 Å². The molecule has 96 valence electrons. The molecule has 0 spiro atoms. The van der Waals surface area contributed by atoms with Crippen LogP contribution in [0.5, 0.6) is 0 Å². The van der Waals surface area contributed by atoms with Crippen LogP contribution in [0.3, 0.4) is 0 Å². The number of hydrogen-bond acceptors (Lipinski definition) is 6. The molecule has 2 aromatic rings. The van der Waals surface area contributed by atoms with Gasteiger partial charge in [0.15, 0.2) is 6.61 Å². The third-order valence-corrected chi connectivity index (χ3v) is 3.64. The fourth-order valence-corrected chi connectivity index (χ4v) is 2.13. The predicted molar refractivity (Wildman–Crippen MR) is 70.0 cm³/mol. The zero-order valence-electron chi connectivity index (χ0n) is 10.2. The molecule has 0 aliphatic carbocycles. The maximum absolute atomic E-state index is 6.05. The van der Waals surface area contributed by atoms with E-state index in [0.717, 1.165) is 21.8 Å². The summed E-state index contributed by atoms with van der Waals surface area (Å²) in [6.07, 6.45) is 1.56. The number of nitrogens with zero attached hydrogens (tertiary/aromatic N) is 5. The molecule has 0 amide bonds. The summed E-state index contributed by atoms with van der Waals surface area (Å²) in [5.41, 5.74) is 2.44. The standard InChI is InChI=1S/C10H12ClN5OS/c1-6-8(10(11)16(3)14-6)4-12-17-5-9-7(2)13-15-18-9/h4H,5H2,1-3H3/b12-4+. The third kappa shape index (κ3) is 2.68. The van der Waals surface area contributed by atoms with E-state index in [1.165, 1.54) is 11.5 Å². The average molecular weight is 286 g/mol. The van der Waals surface area contributed by atoms with Gasteiger partial charge in [-0.2, -0.15) is 5.10 Å². The lowest BCUT2D eigenvalue weighted by atomic mass is 10.3. The van der Waals surface area contributed by atoms with Crippen molar-refractivity contribution in [3.8, 4) is 0 Å². The van der Waals surface area contributed by atoms with Crippen LogP contribution in [0.1, 0.15) is 21.8 Å². The number of aryl methyl sites for hydroxylation is 3. The Bertz CT molecular complexity index is 577. The van der Waals surface area contributed by atoms with Gasteiger partial charge < -0.3 is 4.84 Å². The Balaban J connectivity index is 1.98. The molecule has 0 aromatic carbocycles. The molecule has 0 fully saturated rings. The number of halogens is 1. The Morgan fingerprint density at radius 2 is 2.22 bits per heavy atom. The van der Waals surface area contributed by atoms with Crippen molar-refractivity contribution in [1.82, 2.24) is 19.4 Å². The maximum Gasteiger partial charge on any atom is 0.154 e. The summed E-state index contributed by atoms with van der Waals surface area (Å²) in [6.45, 7) is 4.11. The zero-order chi connectivity index (χ0) is 13.1. The second kappa shape index (κ2) is 5.45. The molecule has 0 N–H and O–H groups in total. The fraction of sp³-hybridized carbons (Fsp3) is 0.400. The van der Waals surface area contributed by atoms with Crippen LogP contribution in [-0.2, 0) is 18.5 Å². The molecule has 0 bridgehead atoms. The van der Waals surface area contributed by atoms with E-state index in [0.29, 0.717) is 11.8 Å². The molecule has 0 atom stereocenters. The van der Waals surface area contributed by atoms with Crippen LogP contribution in [0.15, 0.2) is 5.16 Å². The first-order chi connectivity index (χ1) is 8.59. The summed E-state index contributed by atoms with van der Waals surface area (Å²) in [4.78, 5) is 6.15. The highest BCUT2D eigenvalue weighted by Gasteiger charge is 2.08. The number of hydrogen-bond donors (Lipinski definition) is 0. The number of aromatic nitrogens is 4. The Hall–Kier alpha value is -1.47. The molecule has 2 rings (SSSR count). The van der Waals surface area contributed by atoms with Gasteiger partial charge in [0.25, 0.3) is 0 Å². The average Bonchev–Trinajstić information content (AvgIpc) is 2.83. The van der Waals surface area contributed by atoms with E-state index in [1.807, 2.05) is 13.8 Å². The zero-order valence-corrected chi connectivity index (χ0v) is 11.8. The van der Waals surface area contributed by atoms with Gasteiger partial charge in [0.05, 0.1) is 28.0 Å². The first-order valence-corrected chi connectivity index (χ1v) is 6.37. The molecule has 0 aliphatic heterocycles. The van der Waals surface area contributed by atoms with Crippen LogP contribution in [0, 0.1) is 13.8 Å². The Morgan fingerprint density at radius 1 is 1.44 bits per heavy atom. The Morgan fingerprint density at radius 3 is 2.78 bits per heavy atom. The molecular formula is C10H12ClN5OS. The number of oxime groups is 1. The van der Waals surface area contributed by atoms with Gasteiger partial charge in [-0.1, -0.05) is 21.2 Å². The van der Waals surface area contributed by atoms with Crippen LogP contribution in [-0.4, -0.2) is 25.6 Å². The lowest BCUT2D eigenvalue weighted by Gasteiger charge is -1.96. The largest absolute Gasteiger partial charge is 0.390 e. The topological polar surface area (TPSA) is 65.2 Å². The molecule has 0 saturated carbocycles. The van der Waals surface area contributed by atoms with E-state index >= 15 is 0 Å². The lowest BCUT2D eigenvalue weighted by molar-refractivity contribution is 0.134. The SMILES string of the molecule is Cc1nnsc1CO/N=C/c1c(C)nn(C)c1Cl. The van der Waals surface area contributed by atoms with Crippen molar-refractivity contribution in [3.05, 3.63) is 27.0 Å². The number of rotatable bonds is 4. The van der Waals surface area contributed by atoms with Crippen molar-refractivity contribution in [2.45, 2.75) is 20.5 Å². The highest BCUT2D eigenvalue weighted by atomic mass is 35.5. The van der Waals surface area contributed by atoms with E-state index in [9.17, 15) is 0 Å². The predicted octanol–water partition coefficient (Wildman–Crippen LogP) is 2.09. The first-order valence-electron chi connectivity index (χ1n) is 5.22. The van der Waals surface area contributed by atoms with Crippen molar-refractivity contribution in [1.29, 1.82) is 0 Å². The fourth-order valence-electron chi connectivity index (χ4n) is 1.36. The van der Waals surface area contributed by atoms with Gasteiger partial charge in [0.2, 0.25) is 0 Å². The van der Waals surface area contributed by atoms with E-state index in [1.54, 1.807) is 17.9 Å². The minimum absolute atomic E-state index is 0.358. The second-order valence-corrected chi connectivity index (χ2v) is 4.90. The van der Waals surface area contributed by atoms with Crippen molar-refractivity contribution >= 4 is 29.3 Å². The van der Waals surface area contributed by atoms with Crippen LogP contribution in [0.2, 0.25) is 5.15 Å². The third-order valence-electron chi connectivity index (χ3n) is 2.39. The summed E-state index contributed by atoms with van der Waals surface area (Å²) in [5, 5.41) is 12.5. The molecule has 18 heavy (non-hydrogen) atoms. The molecule has 6 nitrogen and oxygen atoms in total. The maximum atomic E-state index is 6.05. The molecule has 0 aliphatic rings. The van der Waals surface area contributed by atoms with Crippen molar-refractivity contribution in [3.63, 3.8) is 0 Å². The normalized spacial score (nSPS) is 11.3. The first kappa shape index (κ1) is 13.0. The van der Waals surface area contributed by atoms with Crippen LogP contribution in [0.25, 0.3) is 0 Å². The van der Waals surface area contributed by atoms with Gasteiger partial charge in [0.1, 0.15) is 5.15 Å². The molecule has 0 saturated heterocycles. The summed E-state index contributed by atoms with van der Waals surface area (Å²) in [6, 6.07) is 0. The molecule has 0 unspecified atom stereocenters. The smallest absolute Gasteiger partial charge is 0.154 e. The molecule has 2 heterocycles. The second-order valence-electron chi connectivity index (χ2n) is 3.70. The van der Waals surface area contributed by atoms with E-state index in [-0.39, 0.29) is 0 Å². The monoisotopic (exact) mass is 285 g/mol. The van der Waals surface area contributed by atoms with Crippen LogP contribution in [0.4, 0.5) is 0 Å². The minimum Gasteiger partial charge on any atom is -0.390 e. The quantitative estimate of drug-likeness (QED) is 0.637. The Labute approximate surface area is 113 Å². The van der Waals surface area contributed by atoms with Gasteiger partial charge in [-0.15, -0.1) is 5.10 Å². The van der Waals surface area contributed by atoms with E-state index in [2.05, 4.69) is 19.8 Å². The summed E-state index contributed by atoms with van der Waals surface area (Å²) >= 11 is 7.36. The van der Waals surface area contributed by atoms with Gasteiger partial charge in [-0.25, -0.2) is 0 Å².